The second-order valence-corrected chi connectivity index (χ2v) is 6.18. The molecule has 7 heteroatoms. The summed E-state index contributed by atoms with van der Waals surface area (Å²) in [5, 5.41) is 7.82. The summed E-state index contributed by atoms with van der Waals surface area (Å²) < 4.78 is 5.15. The number of benzene rings is 1. The molecule has 0 radical (unpaired) electrons. The summed E-state index contributed by atoms with van der Waals surface area (Å²) >= 11 is 0. The number of carbonyl (C=O) groups excluding carboxylic acids is 1. The van der Waals surface area contributed by atoms with Gasteiger partial charge < -0.3 is 9.64 Å². The van der Waals surface area contributed by atoms with Gasteiger partial charge in [-0.25, -0.2) is 9.97 Å². The van der Waals surface area contributed by atoms with Crippen LogP contribution >= 0.6 is 0 Å². The van der Waals surface area contributed by atoms with Crippen molar-refractivity contribution in [2.24, 2.45) is 5.92 Å². The molecule has 2 aromatic heterocycles. The van der Waals surface area contributed by atoms with Gasteiger partial charge in [0.2, 0.25) is 0 Å². The Morgan fingerprint density at radius 3 is 2.68 bits per heavy atom. The molecule has 1 aliphatic heterocycles. The van der Waals surface area contributed by atoms with Crippen LogP contribution in [0.15, 0.2) is 36.8 Å². The molecule has 0 spiro atoms. The van der Waals surface area contributed by atoms with Crippen molar-refractivity contribution in [3.63, 3.8) is 0 Å². The van der Waals surface area contributed by atoms with Crippen molar-refractivity contribution in [2.45, 2.75) is 12.8 Å². The first-order valence-corrected chi connectivity index (χ1v) is 8.33. The zero-order valence-corrected chi connectivity index (χ0v) is 14.0. The van der Waals surface area contributed by atoms with Gasteiger partial charge in [0.1, 0.15) is 17.9 Å². The number of H-pyrrole nitrogens is 1. The van der Waals surface area contributed by atoms with Gasteiger partial charge in [-0.3, -0.25) is 9.89 Å². The number of nitrogens with zero attached hydrogens (tertiary/aromatic N) is 4. The van der Waals surface area contributed by atoms with Gasteiger partial charge in [0.25, 0.3) is 0 Å². The van der Waals surface area contributed by atoms with Crippen LogP contribution in [0.25, 0.3) is 11.0 Å². The van der Waals surface area contributed by atoms with Crippen molar-refractivity contribution in [3.8, 4) is 5.75 Å². The number of hydrogen-bond donors (Lipinski definition) is 1. The van der Waals surface area contributed by atoms with E-state index in [2.05, 4.69) is 25.1 Å². The average molecular weight is 337 g/mol. The Bertz CT molecular complexity index is 882. The lowest BCUT2D eigenvalue weighted by atomic mass is 9.89. The summed E-state index contributed by atoms with van der Waals surface area (Å²) in [5.41, 5.74) is 1.49. The van der Waals surface area contributed by atoms with Crippen LogP contribution in [0.4, 0.5) is 5.82 Å². The fourth-order valence-electron chi connectivity index (χ4n) is 3.35. The molecule has 25 heavy (non-hydrogen) atoms. The lowest BCUT2D eigenvalue weighted by Gasteiger charge is -2.32. The molecular weight excluding hydrogens is 318 g/mol. The maximum Gasteiger partial charge on any atom is 0.166 e. The minimum Gasteiger partial charge on any atom is -0.497 e. The zero-order chi connectivity index (χ0) is 17.2. The van der Waals surface area contributed by atoms with Gasteiger partial charge in [-0.05, 0) is 37.1 Å². The third-order valence-electron chi connectivity index (χ3n) is 4.77. The molecule has 1 aliphatic rings. The number of hydrogen-bond acceptors (Lipinski definition) is 6. The average Bonchev–Trinajstić information content (AvgIpc) is 3.16. The standard InChI is InChI=1S/C18H19N5O2/c1-25-14-4-2-12(3-5-14)16(24)13-6-8-23(9-7-13)18-15-10-21-22-17(15)19-11-20-18/h2-5,10-11,13H,6-9H2,1H3,(H,19,20,21,22). The van der Waals surface area contributed by atoms with Crippen molar-refractivity contribution in [1.29, 1.82) is 0 Å². The maximum atomic E-state index is 12.7. The molecule has 128 valence electrons. The quantitative estimate of drug-likeness (QED) is 0.736. The molecule has 0 amide bonds. The Morgan fingerprint density at radius 1 is 1.20 bits per heavy atom. The van der Waals surface area contributed by atoms with Crippen LogP contribution in [0.3, 0.4) is 0 Å². The highest BCUT2D eigenvalue weighted by Crippen LogP contribution is 2.28. The van der Waals surface area contributed by atoms with Gasteiger partial charge in [0.05, 0.1) is 18.7 Å². The van der Waals surface area contributed by atoms with Crippen LogP contribution in [-0.4, -0.2) is 46.1 Å². The van der Waals surface area contributed by atoms with E-state index in [0.717, 1.165) is 54.1 Å². The second-order valence-electron chi connectivity index (χ2n) is 6.18. The monoisotopic (exact) mass is 337 g/mol. The van der Waals surface area contributed by atoms with Crippen molar-refractivity contribution in [2.75, 3.05) is 25.1 Å². The molecule has 3 heterocycles. The number of ketones is 1. The molecule has 1 N–H and O–H groups in total. The smallest absolute Gasteiger partial charge is 0.166 e. The molecule has 3 aromatic rings. The maximum absolute atomic E-state index is 12.7. The van der Waals surface area contributed by atoms with E-state index < -0.39 is 0 Å². The van der Waals surface area contributed by atoms with E-state index in [1.165, 1.54) is 0 Å². The van der Waals surface area contributed by atoms with Gasteiger partial charge >= 0.3 is 0 Å². The molecule has 4 rings (SSSR count). The number of methoxy groups -OCH3 is 1. The molecule has 1 aromatic carbocycles. The SMILES string of the molecule is COc1ccc(C(=O)C2CCN(c3ncnc4[nH]ncc34)CC2)cc1. The van der Waals surface area contributed by atoms with Gasteiger partial charge in [-0.15, -0.1) is 0 Å². The number of piperidine rings is 1. The predicted molar refractivity (Wildman–Crippen MR) is 93.9 cm³/mol. The van der Waals surface area contributed by atoms with Crippen molar-refractivity contribution in [3.05, 3.63) is 42.4 Å². The van der Waals surface area contributed by atoms with Gasteiger partial charge in [-0.1, -0.05) is 0 Å². The second kappa shape index (κ2) is 6.51. The molecule has 0 unspecified atom stereocenters. The van der Waals surface area contributed by atoms with Crippen LogP contribution in [-0.2, 0) is 0 Å². The summed E-state index contributed by atoms with van der Waals surface area (Å²) in [5.74, 6) is 1.90. The number of carbonyl (C=O) groups is 1. The number of aromatic amines is 1. The first kappa shape index (κ1) is 15.6. The Hall–Kier alpha value is -2.96. The third-order valence-corrected chi connectivity index (χ3v) is 4.77. The third kappa shape index (κ3) is 2.93. The van der Waals surface area contributed by atoms with Crippen molar-refractivity contribution in [1.82, 2.24) is 20.2 Å². The summed E-state index contributed by atoms with van der Waals surface area (Å²) in [6.07, 6.45) is 4.92. The van der Waals surface area contributed by atoms with Gasteiger partial charge in [-0.2, -0.15) is 5.10 Å². The fraction of sp³-hybridized carbons (Fsp3) is 0.333. The van der Waals surface area contributed by atoms with E-state index in [1.54, 1.807) is 19.6 Å². The van der Waals surface area contributed by atoms with E-state index in [0.29, 0.717) is 0 Å². The molecule has 0 bridgehead atoms. The lowest BCUT2D eigenvalue weighted by molar-refractivity contribution is 0.0900. The molecule has 0 atom stereocenters. The van der Waals surface area contributed by atoms with E-state index in [4.69, 9.17) is 4.74 Å². The van der Waals surface area contributed by atoms with Crippen LogP contribution in [0.1, 0.15) is 23.2 Å². The molecule has 1 fully saturated rings. The fourth-order valence-corrected chi connectivity index (χ4v) is 3.35. The van der Waals surface area contributed by atoms with Crippen LogP contribution in [0.5, 0.6) is 5.75 Å². The number of anilines is 1. The largest absolute Gasteiger partial charge is 0.497 e. The molecule has 7 nitrogen and oxygen atoms in total. The van der Waals surface area contributed by atoms with E-state index in [-0.39, 0.29) is 11.7 Å². The Labute approximate surface area is 145 Å². The molecule has 0 aliphatic carbocycles. The first-order valence-electron chi connectivity index (χ1n) is 8.33. The number of fused-ring (bicyclic) bond motifs is 1. The number of aromatic nitrogens is 4. The summed E-state index contributed by atoms with van der Waals surface area (Å²) in [6.45, 7) is 1.59. The van der Waals surface area contributed by atoms with Crippen LogP contribution in [0.2, 0.25) is 0 Å². The predicted octanol–water partition coefficient (Wildman–Crippen LogP) is 2.46. The van der Waals surface area contributed by atoms with Crippen LogP contribution < -0.4 is 9.64 Å². The summed E-state index contributed by atoms with van der Waals surface area (Å²) in [6, 6.07) is 7.34. The normalized spacial score (nSPS) is 15.5. The lowest BCUT2D eigenvalue weighted by Crippen LogP contribution is -2.37. The first-order chi connectivity index (χ1) is 12.3. The Kier molecular flexibility index (Phi) is 4.05. The highest BCUT2D eigenvalue weighted by atomic mass is 16.5. The van der Waals surface area contributed by atoms with Crippen molar-refractivity contribution >= 4 is 22.6 Å². The van der Waals surface area contributed by atoms with E-state index in [1.807, 2.05) is 24.3 Å². The van der Waals surface area contributed by atoms with Gasteiger partial charge in [0, 0.05) is 24.6 Å². The van der Waals surface area contributed by atoms with Gasteiger partial charge in [0.15, 0.2) is 11.4 Å². The van der Waals surface area contributed by atoms with E-state index >= 15 is 0 Å². The number of ether oxygens (including phenoxy) is 1. The number of rotatable bonds is 4. The highest BCUT2D eigenvalue weighted by Gasteiger charge is 2.27. The Balaban J connectivity index is 1.45. The number of nitrogens with one attached hydrogen (secondary N) is 1. The van der Waals surface area contributed by atoms with E-state index in [9.17, 15) is 4.79 Å². The van der Waals surface area contributed by atoms with Crippen LogP contribution in [0, 0.1) is 5.92 Å². The number of Topliss-reactive ketones (excluding diaryl/α,β-unsaturated/α-hetero) is 1. The topological polar surface area (TPSA) is 84.0 Å². The summed E-state index contributed by atoms with van der Waals surface area (Å²) in [4.78, 5) is 23.5. The van der Waals surface area contributed by atoms with Crippen molar-refractivity contribution < 1.29 is 9.53 Å². The Morgan fingerprint density at radius 2 is 1.96 bits per heavy atom. The molecule has 0 saturated carbocycles. The molecule has 1 saturated heterocycles. The molecular formula is C18H19N5O2. The minimum absolute atomic E-state index is 0.0475. The zero-order valence-electron chi connectivity index (χ0n) is 14.0. The minimum atomic E-state index is 0.0475. The highest BCUT2D eigenvalue weighted by molar-refractivity contribution is 5.98. The summed E-state index contributed by atoms with van der Waals surface area (Å²) in [7, 11) is 1.62.